The van der Waals surface area contributed by atoms with E-state index in [0.29, 0.717) is 25.1 Å². The highest BCUT2D eigenvalue weighted by Crippen LogP contribution is 2.26. The van der Waals surface area contributed by atoms with Gasteiger partial charge < -0.3 is 10.0 Å². The Morgan fingerprint density at radius 2 is 2.00 bits per heavy atom. The number of carboxylic acid groups (broad SMARTS) is 1. The van der Waals surface area contributed by atoms with E-state index in [9.17, 15) is 14.7 Å². The van der Waals surface area contributed by atoms with Crippen LogP contribution in [0.3, 0.4) is 0 Å². The maximum Gasteiger partial charge on any atom is 0.306 e. The van der Waals surface area contributed by atoms with E-state index >= 15 is 0 Å². The van der Waals surface area contributed by atoms with Crippen molar-refractivity contribution in [2.45, 2.75) is 46.6 Å². The molecule has 1 N–H and O–H groups in total. The average Bonchev–Trinajstić information content (AvgIpc) is 2.79. The topological polar surface area (TPSA) is 75.4 Å². The first-order valence-electron chi connectivity index (χ1n) is 7.70. The Balaban J connectivity index is 2.17. The van der Waals surface area contributed by atoms with E-state index in [0.717, 1.165) is 5.69 Å². The molecule has 2 unspecified atom stereocenters. The fourth-order valence-corrected chi connectivity index (χ4v) is 3.16. The van der Waals surface area contributed by atoms with E-state index in [2.05, 4.69) is 5.10 Å². The van der Waals surface area contributed by atoms with Crippen LogP contribution < -0.4 is 0 Å². The molecule has 0 bridgehead atoms. The molecule has 2 rings (SSSR count). The quantitative estimate of drug-likeness (QED) is 0.908. The van der Waals surface area contributed by atoms with Gasteiger partial charge in [-0.1, -0.05) is 6.92 Å². The van der Waals surface area contributed by atoms with Gasteiger partial charge in [-0.25, -0.2) is 0 Å². The van der Waals surface area contributed by atoms with Crippen molar-refractivity contribution in [3.05, 3.63) is 17.5 Å². The molecule has 6 nitrogen and oxygen atoms in total. The first kappa shape index (κ1) is 16.5. The van der Waals surface area contributed by atoms with E-state index in [-0.39, 0.29) is 23.3 Å². The van der Waals surface area contributed by atoms with Crippen molar-refractivity contribution in [1.29, 1.82) is 0 Å². The predicted octanol–water partition coefficient (Wildman–Crippen LogP) is 2.13. The van der Waals surface area contributed by atoms with Crippen LogP contribution in [0, 0.1) is 18.8 Å². The molecule has 6 heteroatoms. The van der Waals surface area contributed by atoms with Crippen LogP contribution in [0.1, 0.15) is 50.2 Å². The van der Waals surface area contributed by atoms with E-state index in [1.165, 1.54) is 0 Å². The van der Waals surface area contributed by atoms with Crippen LogP contribution in [-0.2, 0) is 10.3 Å². The number of rotatable bonds is 2. The average molecular weight is 307 g/mol. The number of amides is 1. The van der Waals surface area contributed by atoms with E-state index < -0.39 is 5.97 Å². The van der Waals surface area contributed by atoms with Crippen LogP contribution >= 0.6 is 0 Å². The maximum atomic E-state index is 12.7. The molecular weight excluding hydrogens is 282 g/mol. The van der Waals surface area contributed by atoms with Crippen LogP contribution in [0.5, 0.6) is 0 Å². The highest BCUT2D eigenvalue weighted by molar-refractivity contribution is 5.95. The molecule has 1 aliphatic heterocycles. The monoisotopic (exact) mass is 307 g/mol. The number of carboxylic acids is 1. The third-order valence-corrected chi connectivity index (χ3v) is 4.39. The van der Waals surface area contributed by atoms with Gasteiger partial charge in [-0.3, -0.25) is 14.3 Å². The molecule has 2 heterocycles. The van der Waals surface area contributed by atoms with Crippen molar-refractivity contribution >= 4 is 11.9 Å². The van der Waals surface area contributed by atoms with Crippen LogP contribution in [0.15, 0.2) is 6.20 Å². The molecule has 0 aromatic carbocycles. The molecule has 1 aromatic rings. The van der Waals surface area contributed by atoms with Crippen molar-refractivity contribution in [2.24, 2.45) is 11.8 Å². The zero-order chi connectivity index (χ0) is 16.7. The summed E-state index contributed by atoms with van der Waals surface area (Å²) < 4.78 is 1.85. The zero-order valence-electron chi connectivity index (χ0n) is 14.0. The zero-order valence-corrected chi connectivity index (χ0v) is 14.0. The summed E-state index contributed by atoms with van der Waals surface area (Å²) in [6.45, 7) is 10.9. The van der Waals surface area contributed by atoms with Gasteiger partial charge in [0.25, 0.3) is 5.91 Å². The Hall–Kier alpha value is -1.85. The minimum Gasteiger partial charge on any atom is -0.481 e. The number of likely N-dealkylation sites (tertiary alicyclic amines) is 1. The standard InChI is InChI=1S/C16H25N3O3/c1-10-9-18(7-6-12(10)15(21)22)14(20)13-8-17-19(11(13)2)16(3,4)5/h8,10,12H,6-7,9H2,1-5H3,(H,21,22). The molecule has 0 aliphatic carbocycles. The summed E-state index contributed by atoms with van der Waals surface area (Å²) in [6, 6.07) is 0. The molecule has 1 aliphatic rings. The minimum absolute atomic E-state index is 0.0341. The van der Waals surface area contributed by atoms with Crippen molar-refractivity contribution < 1.29 is 14.7 Å². The number of nitrogens with zero attached hydrogens (tertiary/aromatic N) is 3. The maximum absolute atomic E-state index is 12.7. The molecule has 1 fully saturated rings. The van der Waals surface area contributed by atoms with Crippen LogP contribution in [0.25, 0.3) is 0 Å². The van der Waals surface area contributed by atoms with Crippen molar-refractivity contribution in [3.8, 4) is 0 Å². The minimum atomic E-state index is -0.767. The highest BCUT2D eigenvalue weighted by Gasteiger charge is 2.34. The number of carbonyl (C=O) groups excluding carboxylic acids is 1. The molecule has 0 radical (unpaired) electrons. The summed E-state index contributed by atoms with van der Waals surface area (Å²) >= 11 is 0. The Kier molecular flexibility index (Phi) is 4.31. The van der Waals surface area contributed by atoms with Gasteiger partial charge in [-0.15, -0.1) is 0 Å². The molecule has 1 amide bonds. The Morgan fingerprint density at radius 1 is 1.36 bits per heavy atom. The number of aromatic nitrogens is 2. The van der Waals surface area contributed by atoms with Gasteiger partial charge in [-0.2, -0.15) is 5.10 Å². The largest absolute Gasteiger partial charge is 0.481 e. The molecule has 0 spiro atoms. The number of hydrogen-bond donors (Lipinski definition) is 1. The third kappa shape index (κ3) is 3.00. The molecule has 1 saturated heterocycles. The summed E-state index contributed by atoms with van der Waals surface area (Å²) in [7, 11) is 0. The smallest absolute Gasteiger partial charge is 0.306 e. The number of piperidine rings is 1. The Morgan fingerprint density at radius 3 is 2.45 bits per heavy atom. The number of carbonyl (C=O) groups is 2. The molecular formula is C16H25N3O3. The van der Waals surface area contributed by atoms with Crippen LogP contribution in [0.2, 0.25) is 0 Å². The normalized spacial score (nSPS) is 22.7. The number of hydrogen-bond acceptors (Lipinski definition) is 3. The van der Waals surface area contributed by atoms with Crippen molar-refractivity contribution in [2.75, 3.05) is 13.1 Å². The first-order valence-corrected chi connectivity index (χ1v) is 7.70. The molecule has 0 saturated carbocycles. The van der Waals surface area contributed by atoms with Gasteiger partial charge in [0, 0.05) is 18.8 Å². The van der Waals surface area contributed by atoms with Crippen LogP contribution in [0.4, 0.5) is 0 Å². The Bertz CT molecular complexity index is 586. The van der Waals surface area contributed by atoms with Gasteiger partial charge in [0.15, 0.2) is 0 Å². The lowest BCUT2D eigenvalue weighted by Crippen LogP contribution is -2.45. The summed E-state index contributed by atoms with van der Waals surface area (Å²) in [5.74, 6) is -1.21. The van der Waals surface area contributed by atoms with E-state index in [4.69, 9.17) is 0 Å². The van der Waals surface area contributed by atoms with Crippen molar-refractivity contribution in [3.63, 3.8) is 0 Å². The summed E-state index contributed by atoms with van der Waals surface area (Å²) in [6.07, 6.45) is 2.13. The molecule has 22 heavy (non-hydrogen) atoms. The third-order valence-electron chi connectivity index (χ3n) is 4.39. The van der Waals surface area contributed by atoms with E-state index in [1.807, 2.05) is 39.3 Å². The van der Waals surface area contributed by atoms with Gasteiger partial charge >= 0.3 is 5.97 Å². The van der Waals surface area contributed by atoms with E-state index in [1.54, 1.807) is 11.1 Å². The second-order valence-corrected chi connectivity index (χ2v) is 7.19. The second-order valence-electron chi connectivity index (χ2n) is 7.19. The van der Waals surface area contributed by atoms with Crippen molar-refractivity contribution in [1.82, 2.24) is 14.7 Å². The lowest BCUT2D eigenvalue weighted by Gasteiger charge is -2.35. The summed E-state index contributed by atoms with van der Waals surface area (Å²) in [5.41, 5.74) is 1.29. The lowest BCUT2D eigenvalue weighted by molar-refractivity contribution is -0.145. The SMILES string of the molecule is Cc1c(C(=O)N2CCC(C(=O)O)C(C)C2)cnn1C(C)(C)C. The highest BCUT2D eigenvalue weighted by atomic mass is 16.4. The fourth-order valence-electron chi connectivity index (χ4n) is 3.16. The molecule has 122 valence electrons. The summed E-state index contributed by atoms with van der Waals surface area (Å²) in [4.78, 5) is 25.6. The Labute approximate surface area is 131 Å². The second kappa shape index (κ2) is 5.74. The fraction of sp³-hybridized carbons (Fsp3) is 0.688. The molecule has 1 aromatic heterocycles. The first-order chi connectivity index (χ1) is 10.1. The lowest BCUT2D eigenvalue weighted by atomic mass is 9.87. The molecule has 2 atom stereocenters. The number of aliphatic carboxylic acids is 1. The van der Waals surface area contributed by atoms with Gasteiger partial charge in [-0.05, 0) is 40.0 Å². The van der Waals surface area contributed by atoms with Gasteiger partial charge in [0.2, 0.25) is 0 Å². The predicted molar refractivity (Wildman–Crippen MR) is 82.8 cm³/mol. The van der Waals surface area contributed by atoms with Crippen LogP contribution in [-0.4, -0.2) is 44.8 Å². The van der Waals surface area contributed by atoms with Gasteiger partial charge in [0.1, 0.15) is 0 Å². The van der Waals surface area contributed by atoms with Gasteiger partial charge in [0.05, 0.1) is 23.2 Å². The summed E-state index contributed by atoms with van der Waals surface area (Å²) in [5, 5.41) is 13.5.